The van der Waals surface area contributed by atoms with Crippen LogP contribution < -0.4 is 5.32 Å². The Kier molecular flexibility index (Phi) is 5.89. The van der Waals surface area contributed by atoms with Gasteiger partial charge in [-0.2, -0.15) is 0 Å². The van der Waals surface area contributed by atoms with Crippen LogP contribution >= 0.6 is 15.9 Å². The van der Waals surface area contributed by atoms with Gasteiger partial charge in [0.15, 0.2) is 0 Å². The maximum atomic E-state index is 12.4. The molecule has 0 spiro atoms. The molecule has 0 fully saturated rings. The Hall–Kier alpha value is -1.43. The molecule has 0 aromatic carbocycles. The van der Waals surface area contributed by atoms with Gasteiger partial charge in [-0.15, -0.1) is 0 Å². The maximum Gasteiger partial charge on any atom is 0.319 e. The highest BCUT2D eigenvalue weighted by molar-refractivity contribution is 9.10. The van der Waals surface area contributed by atoms with Crippen molar-refractivity contribution >= 4 is 33.6 Å². The zero-order valence-corrected chi connectivity index (χ0v) is 14.6. The molecule has 1 amide bonds. The molecule has 1 aromatic rings. The summed E-state index contributed by atoms with van der Waals surface area (Å²) in [5.41, 5.74) is 0.272. The number of nitrogens with one attached hydrogen (secondary N) is 1. The first kappa shape index (κ1) is 17.6. The number of ether oxygens (including phenoxy) is 1. The Bertz CT molecular complexity index is 538. The number of aryl methyl sites for hydroxylation is 1. The van der Waals surface area contributed by atoms with Crippen LogP contribution in [0.3, 0.4) is 0 Å². The standard InChI is InChI=1S/C15H21BrN2O3/c1-6-21-14(20)11(15(3,4)5)13(19)18-12-9(2)7-10(16)8-17-12/h7-8,11H,6H2,1-5H3,(H,17,18,19). The molecule has 116 valence electrons. The summed E-state index contributed by atoms with van der Waals surface area (Å²) in [4.78, 5) is 28.7. The molecule has 0 aliphatic rings. The summed E-state index contributed by atoms with van der Waals surface area (Å²) in [6.07, 6.45) is 1.60. The van der Waals surface area contributed by atoms with Crippen molar-refractivity contribution in [2.75, 3.05) is 11.9 Å². The number of nitrogens with zero attached hydrogens (tertiary/aromatic N) is 1. The van der Waals surface area contributed by atoms with E-state index >= 15 is 0 Å². The molecule has 21 heavy (non-hydrogen) atoms. The van der Waals surface area contributed by atoms with E-state index in [-0.39, 0.29) is 6.61 Å². The van der Waals surface area contributed by atoms with Crippen molar-refractivity contribution in [3.63, 3.8) is 0 Å². The Morgan fingerprint density at radius 1 is 1.43 bits per heavy atom. The Morgan fingerprint density at radius 3 is 2.52 bits per heavy atom. The number of aromatic nitrogens is 1. The lowest BCUT2D eigenvalue weighted by Gasteiger charge is -2.27. The van der Waals surface area contributed by atoms with Crippen LogP contribution in [-0.2, 0) is 14.3 Å². The van der Waals surface area contributed by atoms with Crippen LogP contribution in [0.1, 0.15) is 33.3 Å². The number of pyridine rings is 1. The first-order valence-corrected chi connectivity index (χ1v) is 7.55. The van der Waals surface area contributed by atoms with Crippen molar-refractivity contribution in [1.82, 2.24) is 4.98 Å². The molecule has 1 unspecified atom stereocenters. The quantitative estimate of drug-likeness (QED) is 0.663. The number of hydrogen-bond donors (Lipinski definition) is 1. The molecule has 0 saturated heterocycles. The first-order chi connectivity index (χ1) is 9.66. The van der Waals surface area contributed by atoms with Gasteiger partial charge in [-0.1, -0.05) is 20.8 Å². The van der Waals surface area contributed by atoms with Gasteiger partial charge in [0.05, 0.1) is 6.61 Å². The Morgan fingerprint density at radius 2 is 2.05 bits per heavy atom. The van der Waals surface area contributed by atoms with E-state index in [4.69, 9.17) is 4.74 Å². The highest BCUT2D eigenvalue weighted by atomic mass is 79.9. The summed E-state index contributed by atoms with van der Waals surface area (Å²) in [5.74, 6) is -1.36. The van der Waals surface area contributed by atoms with E-state index in [1.165, 1.54) is 0 Å². The fourth-order valence-corrected chi connectivity index (χ4v) is 2.39. The average Bonchev–Trinajstić information content (AvgIpc) is 2.31. The van der Waals surface area contributed by atoms with Gasteiger partial charge in [0.25, 0.3) is 0 Å². The second-order valence-corrected chi connectivity index (χ2v) is 6.78. The van der Waals surface area contributed by atoms with Crippen LogP contribution in [0.15, 0.2) is 16.7 Å². The van der Waals surface area contributed by atoms with Crippen molar-refractivity contribution in [3.05, 3.63) is 22.3 Å². The summed E-state index contributed by atoms with van der Waals surface area (Å²) in [5, 5.41) is 2.71. The number of anilines is 1. The SMILES string of the molecule is CCOC(=O)C(C(=O)Nc1ncc(Br)cc1C)C(C)(C)C. The smallest absolute Gasteiger partial charge is 0.319 e. The Labute approximate surface area is 133 Å². The monoisotopic (exact) mass is 356 g/mol. The molecule has 0 aliphatic heterocycles. The van der Waals surface area contributed by atoms with Gasteiger partial charge in [0, 0.05) is 10.7 Å². The minimum atomic E-state index is -0.887. The van der Waals surface area contributed by atoms with Crippen LogP contribution in [0, 0.1) is 18.3 Å². The minimum Gasteiger partial charge on any atom is -0.465 e. The molecular formula is C15H21BrN2O3. The summed E-state index contributed by atoms with van der Waals surface area (Å²) in [6.45, 7) is 9.29. The normalized spacial score (nSPS) is 12.7. The third-order valence-electron chi connectivity index (χ3n) is 2.94. The second-order valence-electron chi connectivity index (χ2n) is 5.86. The van der Waals surface area contributed by atoms with Crippen LogP contribution in [0.2, 0.25) is 0 Å². The number of carbonyl (C=O) groups is 2. The van der Waals surface area contributed by atoms with Gasteiger partial charge in [0.2, 0.25) is 5.91 Å². The van der Waals surface area contributed by atoms with E-state index in [1.807, 2.05) is 33.8 Å². The third kappa shape index (κ3) is 4.81. The summed E-state index contributed by atoms with van der Waals surface area (Å²) in [6, 6.07) is 1.85. The van der Waals surface area contributed by atoms with Gasteiger partial charge in [-0.3, -0.25) is 9.59 Å². The zero-order chi connectivity index (χ0) is 16.2. The van der Waals surface area contributed by atoms with Gasteiger partial charge >= 0.3 is 5.97 Å². The topological polar surface area (TPSA) is 68.3 Å². The Balaban J connectivity index is 2.99. The summed E-state index contributed by atoms with van der Waals surface area (Å²) in [7, 11) is 0. The molecule has 1 aromatic heterocycles. The zero-order valence-electron chi connectivity index (χ0n) is 13.0. The first-order valence-electron chi connectivity index (χ1n) is 6.76. The predicted octanol–water partition coefficient (Wildman–Crippen LogP) is 3.32. The number of hydrogen-bond acceptors (Lipinski definition) is 4. The van der Waals surface area contributed by atoms with E-state index in [1.54, 1.807) is 13.1 Å². The van der Waals surface area contributed by atoms with E-state index in [0.717, 1.165) is 10.0 Å². The lowest BCUT2D eigenvalue weighted by atomic mass is 9.80. The van der Waals surface area contributed by atoms with E-state index in [0.29, 0.717) is 5.82 Å². The fourth-order valence-electron chi connectivity index (χ4n) is 1.94. The number of esters is 1. The highest BCUT2D eigenvalue weighted by Crippen LogP contribution is 2.29. The highest BCUT2D eigenvalue weighted by Gasteiger charge is 2.39. The van der Waals surface area contributed by atoms with Crippen LogP contribution in [0.4, 0.5) is 5.82 Å². The lowest BCUT2D eigenvalue weighted by Crippen LogP contribution is -2.40. The van der Waals surface area contributed by atoms with Crippen molar-refractivity contribution in [2.24, 2.45) is 11.3 Å². The number of halogens is 1. The molecule has 1 atom stereocenters. The van der Waals surface area contributed by atoms with Crippen molar-refractivity contribution < 1.29 is 14.3 Å². The largest absolute Gasteiger partial charge is 0.465 e. The molecule has 1 N–H and O–H groups in total. The van der Waals surface area contributed by atoms with Crippen molar-refractivity contribution in [2.45, 2.75) is 34.6 Å². The fraction of sp³-hybridized carbons (Fsp3) is 0.533. The molecule has 0 aliphatic carbocycles. The molecule has 1 heterocycles. The lowest BCUT2D eigenvalue weighted by molar-refractivity contribution is -0.155. The van der Waals surface area contributed by atoms with Crippen molar-refractivity contribution in [3.8, 4) is 0 Å². The number of carbonyl (C=O) groups excluding carboxylic acids is 2. The minimum absolute atomic E-state index is 0.244. The van der Waals surface area contributed by atoms with Crippen molar-refractivity contribution in [1.29, 1.82) is 0 Å². The number of amides is 1. The van der Waals surface area contributed by atoms with Gasteiger partial charge in [-0.25, -0.2) is 4.98 Å². The molecular weight excluding hydrogens is 336 g/mol. The van der Waals surface area contributed by atoms with Crippen LogP contribution in [0.5, 0.6) is 0 Å². The average molecular weight is 357 g/mol. The van der Waals surface area contributed by atoms with Crippen LogP contribution in [0.25, 0.3) is 0 Å². The molecule has 0 bridgehead atoms. The van der Waals surface area contributed by atoms with E-state index < -0.39 is 23.2 Å². The summed E-state index contributed by atoms with van der Waals surface area (Å²) < 4.78 is 5.84. The molecule has 0 saturated carbocycles. The van der Waals surface area contributed by atoms with Crippen LogP contribution in [-0.4, -0.2) is 23.5 Å². The van der Waals surface area contributed by atoms with E-state index in [9.17, 15) is 9.59 Å². The molecule has 6 heteroatoms. The predicted molar refractivity (Wildman–Crippen MR) is 84.9 cm³/mol. The molecule has 1 rings (SSSR count). The van der Waals surface area contributed by atoms with E-state index in [2.05, 4.69) is 26.2 Å². The maximum absolute atomic E-state index is 12.4. The second kappa shape index (κ2) is 7.02. The van der Waals surface area contributed by atoms with Gasteiger partial charge in [0.1, 0.15) is 11.7 Å². The number of rotatable bonds is 4. The van der Waals surface area contributed by atoms with Gasteiger partial charge < -0.3 is 10.1 Å². The third-order valence-corrected chi connectivity index (χ3v) is 3.37. The molecule has 5 nitrogen and oxygen atoms in total. The van der Waals surface area contributed by atoms with Gasteiger partial charge in [-0.05, 0) is 46.8 Å². The molecule has 0 radical (unpaired) electrons. The summed E-state index contributed by atoms with van der Waals surface area (Å²) >= 11 is 3.32.